The zero-order chi connectivity index (χ0) is 17.6. The van der Waals surface area contributed by atoms with E-state index in [1.54, 1.807) is 23.1 Å². The van der Waals surface area contributed by atoms with Crippen LogP contribution < -0.4 is 5.56 Å². The minimum Gasteiger partial charge on any atom is -0.337 e. The predicted molar refractivity (Wildman–Crippen MR) is 84.4 cm³/mol. The fraction of sp³-hybridized carbons (Fsp3) is 0.250. The van der Waals surface area contributed by atoms with E-state index in [2.05, 4.69) is 20.2 Å². The Morgan fingerprint density at radius 1 is 1.32 bits per heavy atom. The number of para-hydroxylation sites is 1. The Morgan fingerprint density at radius 2 is 2.16 bits per heavy atom. The van der Waals surface area contributed by atoms with Gasteiger partial charge in [-0.15, -0.1) is 0 Å². The number of imidazole rings is 1. The lowest BCUT2D eigenvalue weighted by Gasteiger charge is -2.28. The summed E-state index contributed by atoms with van der Waals surface area (Å²) in [4.78, 5) is 32.6. The number of fused-ring (bicyclic) bond motifs is 2. The summed E-state index contributed by atoms with van der Waals surface area (Å²) in [5.41, 5.74) is 1.92. The fourth-order valence-corrected chi connectivity index (χ4v) is 3.07. The third kappa shape index (κ3) is 2.57. The Balaban J connectivity index is 1.70. The third-order valence-corrected chi connectivity index (χ3v) is 4.30. The number of nitrogens with zero attached hydrogens (tertiary/aromatic N) is 3. The van der Waals surface area contributed by atoms with E-state index in [4.69, 9.17) is 0 Å². The van der Waals surface area contributed by atoms with Gasteiger partial charge in [0.2, 0.25) is 0 Å². The fourth-order valence-electron chi connectivity index (χ4n) is 3.07. The van der Waals surface area contributed by atoms with Crippen molar-refractivity contribution in [2.75, 3.05) is 6.54 Å². The van der Waals surface area contributed by atoms with Gasteiger partial charge in [-0.1, -0.05) is 6.07 Å². The molecule has 1 aliphatic heterocycles. The van der Waals surface area contributed by atoms with Gasteiger partial charge in [0.15, 0.2) is 5.82 Å². The number of benzene rings is 1. The highest BCUT2D eigenvalue weighted by Crippen LogP contribution is 2.24. The molecular weight excluding hydrogens is 332 g/mol. The van der Waals surface area contributed by atoms with Crippen LogP contribution in [0.15, 0.2) is 29.2 Å². The molecule has 0 radical (unpaired) electrons. The number of hydrogen-bond acceptors (Lipinski definition) is 4. The molecule has 2 N–H and O–H groups in total. The maximum atomic E-state index is 12.9. The van der Waals surface area contributed by atoms with Gasteiger partial charge in [-0.3, -0.25) is 9.59 Å². The van der Waals surface area contributed by atoms with Gasteiger partial charge in [0, 0.05) is 24.2 Å². The number of carbonyl (C=O) groups excluding carboxylic acids is 1. The second-order valence-electron chi connectivity index (χ2n) is 5.80. The average molecular weight is 345 g/mol. The number of hydrogen-bond donors (Lipinski definition) is 2. The monoisotopic (exact) mass is 345 g/mol. The minimum atomic E-state index is -2.74. The van der Waals surface area contributed by atoms with Crippen LogP contribution in [0, 0.1) is 0 Å². The van der Waals surface area contributed by atoms with Gasteiger partial charge in [-0.25, -0.2) is 18.9 Å². The Bertz CT molecular complexity index is 1030. The van der Waals surface area contributed by atoms with Crippen molar-refractivity contribution in [3.63, 3.8) is 0 Å². The third-order valence-electron chi connectivity index (χ3n) is 4.30. The van der Waals surface area contributed by atoms with E-state index >= 15 is 0 Å². The molecule has 1 aromatic carbocycles. The van der Waals surface area contributed by atoms with E-state index in [1.807, 2.05) is 0 Å². The first-order valence-corrected chi connectivity index (χ1v) is 7.66. The number of H-pyrrole nitrogens is 2. The quantitative estimate of drug-likeness (QED) is 0.740. The van der Waals surface area contributed by atoms with Crippen molar-refractivity contribution >= 4 is 16.9 Å². The highest BCUT2D eigenvalue weighted by molar-refractivity contribution is 6.05. The van der Waals surface area contributed by atoms with E-state index in [9.17, 15) is 18.4 Å². The molecule has 1 aliphatic rings. The van der Waals surface area contributed by atoms with Crippen LogP contribution in [-0.4, -0.2) is 37.5 Å². The molecule has 0 aliphatic carbocycles. The molecule has 0 unspecified atom stereocenters. The lowest BCUT2D eigenvalue weighted by molar-refractivity contribution is 0.0735. The van der Waals surface area contributed by atoms with Gasteiger partial charge in [0.1, 0.15) is 5.52 Å². The van der Waals surface area contributed by atoms with Gasteiger partial charge in [0.25, 0.3) is 17.9 Å². The number of amides is 1. The van der Waals surface area contributed by atoms with Gasteiger partial charge < -0.3 is 9.88 Å². The molecule has 7 nitrogen and oxygen atoms in total. The van der Waals surface area contributed by atoms with Crippen LogP contribution in [0.4, 0.5) is 8.78 Å². The maximum Gasteiger partial charge on any atom is 0.295 e. The van der Waals surface area contributed by atoms with E-state index in [0.717, 1.165) is 0 Å². The van der Waals surface area contributed by atoms with E-state index < -0.39 is 12.2 Å². The van der Waals surface area contributed by atoms with Gasteiger partial charge >= 0.3 is 0 Å². The molecule has 0 saturated carbocycles. The Hall–Kier alpha value is -3.10. The van der Waals surface area contributed by atoms with Crippen molar-refractivity contribution in [3.8, 4) is 0 Å². The Labute approximate surface area is 139 Å². The molecule has 3 heterocycles. The second-order valence-corrected chi connectivity index (χ2v) is 5.80. The van der Waals surface area contributed by atoms with Crippen LogP contribution in [-0.2, 0) is 13.0 Å². The molecule has 0 spiro atoms. The highest BCUT2D eigenvalue weighted by atomic mass is 19.3. The van der Waals surface area contributed by atoms with Gasteiger partial charge in [-0.2, -0.15) is 5.10 Å². The van der Waals surface area contributed by atoms with Crippen LogP contribution in [0.3, 0.4) is 0 Å². The summed E-state index contributed by atoms with van der Waals surface area (Å²) in [5, 5.41) is 6.14. The molecule has 9 heteroatoms. The van der Waals surface area contributed by atoms with Crippen LogP contribution in [0.5, 0.6) is 0 Å². The summed E-state index contributed by atoms with van der Waals surface area (Å²) in [6, 6.07) is 4.78. The molecule has 0 atom stereocenters. The van der Waals surface area contributed by atoms with E-state index in [1.165, 1.54) is 6.20 Å². The highest BCUT2D eigenvalue weighted by Gasteiger charge is 2.26. The first kappa shape index (κ1) is 15.4. The zero-order valence-corrected chi connectivity index (χ0v) is 12.9. The lowest BCUT2D eigenvalue weighted by Crippen LogP contribution is -2.38. The molecule has 0 saturated heterocycles. The smallest absolute Gasteiger partial charge is 0.295 e. The summed E-state index contributed by atoms with van der Waals surface area (Å²) in [6.45, 7) is 0.606. The van der Waals surface area contributed by atoms with E-state index in [-0.39, 0.29) is 29.1 Å². The number of halogens is 2. The molecule has 0 fully saturated rings. The molecule has 0 bridgehead atoms. The van der Waals surface area contributed by atoms with Gasteiger partial charge in [0.05, 0.1) is 17.3 Å². The molecule has 3 aromatic rings. The Morgan fingerprint density at radius 3 is 2.96 bits per heavy atom. The summed E-state index contributed by atoms with van der Waals surface area (Å²) in [5.74, 6) is -0.779. The SMILES string of the molecule is O=C(c1cccc2[nH]c(C(F)F)nc12)N1CCc2c(cn[nH]c2=O)C1. The van der Waals surface area contributed by atoms with Crippen LogP contribution in [0.1, 0.15) is 33.7 Å². The molecular formula is C16H13F2N5O2. The standard InChI is InChI=1S/C16H13F2N5O2/c17-13(18)14-20-11-3-1-2-10(12(11)21-14)16(25)23-5-4-9-8(7-23)6-19-22-15(9)24/h1-3,6,13H,4-5,7H2,(H,20,21)(H,22,24). The first-order chi connectivity index (χ1) is 12.0. The van der Waals surface area contributed by atoms with Crippen molar-refractivity contribution in [3.05, 3.63) is 57.3 Å². The van der Waals surface area contributed by atoms with Crippen molar-refractivity contribution in [1.82, 2.24) is 25.1 Å². The molecule has 25 heavy (non-hydrogen) atoms. The number of rotatable bonds is 2. The number of nitrogens with one attached hydrogen (secondary N) is 2. The molecule has 4 rings (SSSR count). The van der Waals surface area contributed by atoms with Crippen molar-refractivity contribution in [2.24, 2.45) is 0 Å². The maximum absolute atomic E-state index is 12.9. The number of aromatic nitrogens is 4. The van der Waals surface area contributed by atoms with E-state index in [0.29, 0.717) is 29.6 Å². The molecule has 1 amide bonds. The summed E-state index contributed by atoms with van der Waals surface area (Å²) in [7, 11) is 0. The van der Waals surface area contributed by atoms with Gasteiger partial charge in [-0.05, 0) is 18.6 Å². The summed E-state index contributed by atoms with van der Waals surface area (Å²) < 4.78 is 25.7. The normalized spacial score (nSPS) is 14.1. The molecule has 2 aromatic heterocycles. The first-order valence-electron chi connectivity index (χ1n) is 7.66. The molecule has 128 valence electrons. The second kappa shape index (κ2) is 5.76. The number of aromatic amines is 2. The van der Waals surface area contributed by atoms with Crippen molar-refractivity contribution < 1.29 is 13.6 Å². The largest absolute Gasteiger partial charge is 0.337 e. The average Bonchev–Trinajstić information content (AvgIpc) is 3.05. The van der Waals surface area contributed by atoms with Crippen LogP contribution in [0.2, 0.25) is 0 Å². The topological polar surface area (TPSA) is 94.7 Å². The van der Waals surface area contributed by atoms with Crippen molar-refractivity contribution in [1.29, 1.82) is 0 Å². The van der Waals surface area contributed by atoms with Crippen molar-refractivity contribution in [2.45, 2.75) is 19.4 Å². The predicted octanol–water partition coefficient (Wildman–Crippen LogP) is 1.78. The summed E-state index contributed by atoms with van der Waals surface area (Å²) >= 11 is 0. The zero-order valence-electron chi connectivity index (χ0n) is 12.9. The minimum absolute atomic E-state index is 0.220. The number of carbonyl (C=O) groups is 1. The summed E-state index contributed by atoms with van der Waals surface area (Å²) in [6.07, 6.45) is -0.798. The number of alkyl halides is 2. The lowest BCUT2D eigenvalue weighted by atomic mass is 10.0. The van der Waals surface area contributed by atoms with Crippen LogP contribution in [0.25, 0.3) is 11.0 Å². The Kier molecular flexibility index (Phi) is 3.56. The van der Waals surface area contributed by atoms with Crippen LogP contribution >= 0.6 is 0 Å².